The first-order chi connectivity index (χ1) is 10.7. The summed E-state index contributed by atoms with van der Waals surface area (Å²) in [4.78, 5) is 0. The van der Waals surface area contributed by atoms with Gasteiger partial charge in [0.25, 0.3) is 0 Å². The van der Waals surface area contributed by atoms with E-state index in [9.17, 15) is 0 Å². The molecule has 3 atom stereocenters. The summed E-state index contributed by atoms with van der Waals surface area (Å²) in [7, 11) is 1.71. The van der Waals surface area contributed by atoms with Gasteiger partial charge in [-0.05, 0) is 56.1 Å². The summed E-state index contributed by atoms with van der Waals surface area (Å²) >= 11 is 2.04. The van der Waals surface area contributed by atoms with Crippen LogP contribution >= 0.6 is 11.8 Å². The van der Waals surface area contributed by atoms with Gasteiger partial charge in [0.2, 0.25) is 0 Å². The first-order valence-electron chi connectivity index (χ1n) is 8.30. The van der Waals surface area contributed by atoms with E-state index in [1.807, 2.05) is 23.9 Å². The average molecular weight is 321 g/mol. The highest BCUT2D eigenvalue weighted by molar-refractivity contribution is 7.99. The summed E-state index contributed by atoms with van der Waals surface area (Å²) in [5.41, 5.74) is 1.53. The van der Waals surface area contributed by atoms with E-state index in [4.69, 9.17) is 9.47 Å². The number of hydrogen-bond donors (Lipinski definition) is 1. The Morgan fingerprint density at radius 1 is 1.41 bits per heavy atom. The molecule has 1 spiro atoms. The van der Waals surface area contributed by atoms with Crippen molar-refractivity contribution < 1.29 is 9.47 Å². The lowest BCUT2D eigenvalue weighted by Crippen LogP contribution is -2.49. The lowest BCUT2D eigenvalue weighted by molar-refractivity contribution is -0.0711. The molecule has 0 aliphatic carbocycles. The quantitative estimate of drug-likeness (QED) is 0.902. The average Bonchev–Trinajstić information content (AvgIpc) is 2.95. The molecule has 0 amide bonds. The predicted octanol–water partition coefficient (Wildman–Crippen LogP) is 3.27. The standard InChI is InChI=1S/C18H27NO2S/c1-14(11-15-3-5-17(20-2)6-4-15)19-16-7-9-21-18(12-16)8-10-22-13-18/h3-6,14,16,19H,7-13H2,1-2H3/t14-,16-,18+/m0/s1. The summed E-state index contributed by atoms with van der Waals surface area (Å²) in [5, 5.41) is 3.83. The molecule has 2 aliphatic rings. The van der Waals surface area contributed by atoms with Gasteiger partial charge >= 0.3 is 0 Å². The molecule has 0 bridgehead atoms. The van der Waals surface area contributed by atoms with Gasteiger partial charge in [-0.2, -0.15) is 11.8 Å². The molecule has 0 radical (unpaired) electrons. The Balaban J connectivity index is 1.51. The summed E-state index contributed by atoms with van der Waals surface area (Å²) in [6.07, 6.45) is 4.60. The third kappa shape index (κ3) is 3.98. The van der Waals surface area contributed by atoms with Gasteiger partial charge in [0.05, 0.1) is 12.7 Å². The van der Waals surface area contributed by atoms with Crippen molar-refractivity contribution in [2.45, 2.75) is 50.3 Å². The lowest BCUT2D eigenvalue weighted by Gasteiger charge is -2.39. The van der Waals surface area contributed by atoms with Crippen molar-refractivity contribution in [3.8, 4) is 5.75 Å². The zero-order chi connectivity index (χ0) is 15.4. The number of nitrogens with one attached hydrogen (secondary N) is 1. The van der Waals surface area contributed by atoms with Crippen LogP contribution in [0.5, 0.6) is 5.75 Å². The molecule has 1 aromatic rings. The minimum atomic E-state index is 0.167. The Bertz CT molecular complexity index is 470. The molecule has 4 heteroatoms. The van der Waals surface area contributed by atoms with Crippen LogP contribution in [0.3, 0.4) is 0 Å². The SMILES string of the molecule is COc1ccc(C[C@H](C)N[C@H]2CCO[C@]3(CCSC3)C2)cc1. The van der Waals surface area contributed by atoms with Gasteiger partial charge in [-0.3, -0.25) is 0 Å². The minimum absolute atomic E-state index is 0.167. The fourth-order valence-electron chi connectivity index (χ4n) is 3.61. The second kappa shape index (κ2) is 7.24. The molecule has 22 heavy (non-hydrogen) atoms. The summed E-state index contributed by atoms with van der Waals surface area (Å²) < 4.78 is 11.3. The molecule has 2 fully saturated rings. The Morgan fingerprint density at radius 3 is 2.91 bits per heavy atom. The number of hydrogen-bond acceptors (Lipinski definition) is 4. The van der Waals surface area contributed by atoms with Crippen LogP contribution in [0, 0.1) is 0 Å². The molecular weight excluding hydrogens is 294 g/mol. The molecule has 3 rings (SSSR count). The van der Waals surface area contributed by atoms with Crippen molar-refractivity contribution >= 4 is 11.8 Å². The molecule has 122 valence electrons. The summed E-state index contributed by atoms with van der Waals surface area (Å²) in [6, 6.07) is 9.50. The molecule has 0 aromatic heterocycles. The van der Waals surface area contributed by atoms with Gasteiger partial charge in [-0.1, -0.05) is 12.1 Å². The van der Waals surface area contributed by atoms with Gasteiger partial charge < -0.3 is 14.8 Å². The van der Waals surface area contributed by atoms with Gasteiger partial charge in [0, 0.05) is 24.4 Å². The third-order valence-electron chi connectivity index (χ3n) is 4.78. The van der Waals surface area contributed by atoms with E-state index in [0.29, 0.717) is 12.1 Å². The number of ether oxygens (including phenoxy) is 2. The zero-order valence-electron chi connectivity index (χ0n) is 13.6. The van der Waals surface area contributed by atoms with E-state index in [1.165, 1.54) is 29.9 Å². The normalized spacial score (nSPS) is 29.6. The van der Waals surface area contributed by atoms with E-state index in [2.05, 4.69) is 24.4 Å². The van der Waals surface area contributed by atoms with E-state index < -0.39 is 0 Å². The third-order valence-corrected chi connectivity index (χ3v) is 6.00. The largest absolute Gasteiger partial charge is 0.497 e. The molecule has 2 heterocycles. The molecule has 2 aliphatic heterocycles. The van der Waals surface area contributed by atoms with Crippen molar-refractivity contribution in [2.24, 2.45) is 0 Å². The van der Waals surface area contributed by atoms with Crippen molar-refractivity contribution in [1.29, 1.82) is 0 Å². The molecule has 1 N–H and O–H groups in total. The van der Waals surface area contributed by atoms with Crippen LogP contribution in [0.15, 0.2) is 24.3 Å². The Labute approximate surface area is 138 Å². The zero-order valence-corrected chi connectivity index (χ0v) is 14.5. The van der Waals surface area contributed by atoms with Crippen LogP contribution in [0.2, 0.25) is 0 Å². The van der Waals surface area contributed by atoms with Gasteiger partial charge in [-0.25, -0.2) is 0 Å². The van der Waals surface area contributed by atoms with Crippen LogP contribution in [0.25, 0.3) is 0 Å². The van der Waals surface area contributed by atoms with Crippen LogP contribution < -0.4 is 10.1 Å². The number of methoxy groups -OCH3 is 1. The maximum absolute atomic E-state index is 6.11. The maximum atomic E-state index is 6.11. The smallest absolute Gasteiger partial charge is 0.118 e. The van der Waals surface area contributed by atoms with Crippen LogP contribution in [-0.4, -0.2) is 42.9 Å². The Morgan fingerprint density at radius 2 is 2.23 bits per heavy atom. The second-order valence-electron chi connectivity index (χ2n) is 6.64. The van der Waals surface area contributed by atoms with Gasteiger partial charge in [0.1, 0.15) is 5.75 Å². The van der Waals surface area contributed by atoms with E-state index >= 15 is 0 Å². The highest BCUT2D eigenvalue weighted by Gasteiger charge is 2.40. The highest BCUT2D eigenvalue weighted by atomic mass is 32.2. The van der Waals surface area contributed by atoms with Crippen molar-refractivity contribution in [2.75, 3.05) is 25.2 Å². The Hall–Kier alpha value is -0.710. The fourth-order valence-corrected chi connectivity index (χ4v) is 4.99. The molecule has 3 nitrogen and oxygen atoms in total. The molecule has 2 saturated heterocycles. The molecule has 0 saturated carbocycles. The van der Waals surface area contributed by atoms with Crippen molar-refractivity contribution in [3.05, 3.63) is 29.8 Å². The van der Waals surface area contributed by atoms with Gasteiger partial charge in [-0.15, -0.1) is 0 Å². The number of rotatable bonds is 5. The summed E-state index contributed by atoms with van der Waals surface area (Å²) in [6.45, 7) is 3.20. The first-order valence-corrected chi connectivity index (χ1v) is 9.45. The predicted molar refractivity (Wildman–Crippen MR) is 92.9 cm³/mol. The van der Waals surface area contributed by atoms with Crippen molar-refractivity contribution in [3.63, 3.8) is 0 Å². The topological polar surface area (TPSA) is 30.5 Å². The molecule has 1 aromatic carbocycles. The second-order valence-corrected chi connectivity index (χ2v) is 7.75. The van der Waals surface area contributed by atoms with Crippen LogP contribution in [0.1, 0.15) is 31.7 Å². The highest BCUT2D eigenvalue weighted by Crippen LogP contribution is 2.38. The molecular formula is C18H27NO2S. The van der Waals surface area contributed by atoms with Crippen molar-refractivity contribution in [1.82, 2.24) is 5.32 Å². The number of benzene rings is 1. The number of thioether (sulfide) groups is 1. The van der Waals surface area contributed by atoms with Crippen LogP contribution in [0.4, 0.5) is 0 Å². The lowest BCUT2D eigenvalue weighted by atomic mass is 9.89. The minimum Gasteiger partial charge on any atom is -0.497 e. The van der Waals surface area contributed by atoms with E-state index in [1.54, 1.807) is 7.11 Å². The molecule has 0 unspecified atom stereocenters. The maximum Gasteiger partial charge on any atom is 0.118 e. The van der Waals surface area contributed by atoms with E-state index in [-0.39, 0.29) is 5.60 Å². The first kappa shape index (κ1) is 16.2. The Kier molecular flexibility index (Phi) is 5.32. The monoisotopic (exact) mass is 321 g/mol. The summed E-state index contributed by atoms with van der Waals surface area (Å²) in [5.74, 6) is 3.36. The van der Waals surface area contributed by atoms with E-state index in [0.717, 1.165) is 25.2 Å². The fraction of sp³-hybridized carbons (Fsp3) is 0.667. The van der Waals surface area contributed by atoms with Gasteiger partial charge in [0.15, 0.2) is 0 Å². The van der Waals surface area contributed by atoms with Crippen LogP contribution in [-0.2, 0) is 11.2 Å².